The third-order valence-electron chi connectivity index (χ3n) is 10.2. The zero-order valence-corrected chi connectivity index (χ0v) is 19.5. The lowest BCUT2D eigenvalue weighted by molar-refractivity contribution is -0.255. The van der Waals surface area contributed by atoms with Crippen molar-refractivity contribution in [3.05, 3.63) is 42.0 Å². The van der Waals surface area contributed by atoms with Crippen molar-refractivity contribution in [2.45, 2.75) is 69.0 Å². The molecule has 2 heterocycles. The average Bonchev–Trinajstić information content (AvgIpc) is 3.34. The van der Waals surface area contributed by atoms with Crippen molar-refractivity contribution in [2.75, 3.05) is 20.3 Å². The third-order valence-corrected chi connectivity index (χ3v) is 10.2. The molecule has 6 aliphatic rings. The van der Waals surface area contributed by atoms with Gasteiger partial charge in [-0.25, -0.2) is 0 Å². The summed E-state index contributed by atoms with van der Waals surface area (Å²) in [5.41, 5.74) is 0.835. The Morgan fingerprint density at radius 3 is 2.48 bits per heavy atom. The first-order chi connectivity index (χ1) is 15.9. The molecule has 8 atom stereocenters. The SMILES string of the molecule is COc1ccc([C@@]23C=C[C@@]4(CCCC[C@@]42C)[C@@H]2[C@H]3[C@H](OC(C)=O)[C@H]3O[C@H]3C23OCCO3)cc1. The van der Waals surface area contributed by atoms with E-state index in [1.165, 1.54) is 25.3 Å². The molecule has 5 fully saturated rings. The molecule has 0 N–H and O–H groups in total. The number of carbonyl (C=O) groups excluding carboxylic acids is 1. The van der Waals surface area contributed by atoms with Crippen molar-refractivity contribution < 1.29 is 28.5 Å². The van der Waals surface area contributed by atoms with Crippen LogP contribution in [-0.4, -0.2) is 50.4 Å². The molecule has 7 rings (SSSR count). The molecule has 33 heavy (non-hydrogen) atoms. The van der Waals surface area contributed by atoms with Crippen LogP contribution >= 0.6 is 0 Å². The monoisotopic (exact) mass is 452 g/mol. The number of fused-ring (bicyclic) bond motifs is 5. The Balaban J connectivity index is 1.49. The van der Waals surface area contributed by atoms with Gasteiger partial charge in [0.1, 0.15) is 24.1 Å². The lowest BCUT2D eigenvalue weighted by atomic mass is 9.52. The summed E-state index contributed by atoms with van der Waals surface area (Å²) in [6.07, 6.45) is 8.86. The van der Waals surface area contributed by atoms with Gasteiger partial charge in [0.05, 0.1) is 20.3 Å². The van der Waals surface area contributed by atoms with E-state index >= 15 is 0 Å². The van der Waals surface area contributed by atoms with Crippen molar-refractivity contribution in [3.8, 4) is 5.75 Å². The standard InChI is InChI=1S/C27H32O6/c1-16(28)32-20-19-22(27(23-21(20)33-23)30-14-15-31-27)25-11-5-4-10-24(25,2)26(19,13-12-25)17-6-8-18(29-3)9-7-17/h6-9,12-13,19-23H,4-5,10-11,14-15H2,1-3H3/t19-,20+,21-,22+,23-,24+,25+,26-/m1/s1. The minimum absolute atomic E-state index is 0.0183. The van der Waals surface area contributed by atoms with Gasteiger partial charge >= 0.3 is 5.97 Å². The minimum atomic E-state index is -0.760. The Kier molecular flexibility index (Phi) is 3.98. The summed E-state index contributed by atoms with van der Waals surface area (Å²) >= 11 is 0. The zero-order valence-electron chi connectivity index (χ0n) is 19.5. The number of methoxy groups -OCH3 is 1. The molecule has 0 aromatic heterocycles. The van der Waals surface area contributed by atoms with Gasteiger partial charge in [0.25, 0.3) is 0 Å². The van der Waals surface area contributed by atoms with Crippen LogP contribution in [0.1, 0.15) is 45.1 Å². The third kappa shape index (κ3) is 2.15. The summed E-state index contributed by atoms with van der Waals surface area (Å²) in [5.74, 6) is -0.0811. The topological polar surface area (TPSA) is 66.5 Å². The fourth-order valence-corrected chi connectivity index (χ4v) is 9.12. The van der Waals surface area contributed by atoms with E-state index in [1.54, 1.807) is 7.11 Å². The lowest BCUT2D eigenvalue weighted by Gasteiger charge is -2.53. The van der Waals surface area contributed by atoms with E-state index in [-0.39, 0.29) is 52.4 Å². The number of carbonyl (C=O) groups is 1. The highest BCUT2D eigenvalue weighted by molar-refractivity contribution is 5.66. The second kappa shape index (κ2) is 6.41. The number of esters is 1. The fourth-order valence-electron chi connectivity index (χ4n) is 9.12. The summed E-state index contributed by atoms with van der Waals surface area (Å²) < 4.78 is 30.9. The van der Waals surface area contributed by atoms with Gasteiger partial charge in [0.2, 0.25) is 5.79 Å². The van der Waals surface area contributed by atoms with Gasteiger partial charge in [-0.05, 0) is 36.0 Å². The largest absolute Gasteiger partial charge is 0.497 e. The van der Waals surface area contributed by atoms with Gasteiger partial charge in [0, 0.05) is 29.6 Å². The number of allylic oxidation sites excluding steroid dienone is 2. The predicted molar refractivity (Wildman–Crippen MR) is 119 cm³/mol. The zero-order chi connectivity index (χ0) is 22.6. The molecule has 0 amide bonds. The van der Waals surface area contributed by atoms with Crippen LogP contribution in [0.4, 0.5) is 0 Å². The smallest absolute Gasteiger partial charge is 0.303 e. The van der Waals surface area contributed by atoms with E-state index in [0.29, 0.717) is 13.2 Å². The molecule has 3 saturated carbocycles. The normalized spacial score (nSPS) is 47.7. The molecule has 2 bridgehead atoms. The van der Waals surface area contributed by atoms with Crippen LogP contribution in [0.2, 0.25) is 0 Å². The number of benzene rings is 1. The summed E-state index contributed by atoms with van der Waals surface area (Å²) in [7, 11) is 1.70. The van der Waals surface area contributed by atoms with Gasteiger partial charge in [-0.3, -0.25) is 4.79 Å². The Labute approximate surface area is 194 Å². The summed E-state index contributed by atoms with van der Waals surface area (Å²) in [6, 6.07) is 8.51. The highest BCUT2D eigenvalue weighted by Crippen LogP contribution is 2.83. The first kappa shape index (κ1) is 20.5. The second-order valence-electron chi connectivity index (χ2n) is 11.0. The number of hydrogen-bond acceptors (Lipinski definition) is 6. The maximum Gasteiger partial charge on any atom is 0.303 e. The maximum absolute atomic E-state index is 12.3. The molecule has 6 heteroatoms. The van der Waals surface area contributed by atoms with E-state index in [2.05, 4.69) is 43.3 Å². The summed E-state index contributed by atoms with van der Waals surface area (Å²) in [5, 5.41) is 0. The van der Waals surface area contributed by atoms with Crippen molar-refractivity contribution in [1.29, 1.82) is 0 Å². The van der Waals surface area contributed by atoms with E-state index in [9.17, 15) is 4.79 Å². The maximum atomic E-state index is 12.3. The fraction of sp³-hybridized carbons (Fsp3) is 0.667. The minimum Gasteiger partial charge on any atom is -0.497 e. The number of epoxide rings is 1. The van der Waals surface area contributed by atoms with Crippen LogP contribution in [0.25, 0.3) is 0 Å². The first-order valence-corrected chi connectivity index (χ1v) is 12.4. The van der Waals surface area contributed by atoms with Gasteiger partial charge < -0.3 is 23.7 Å². The van der Waals surface area contributed by atoms with Crippen LogP contribution in [0, 0.1) is 22.7 Å². The molecule has 176 valence electrons. The van der Waals surface area contributed by atoms with E-state index in [4.69, 9.17) is 23.7 Å². The van der Waals surface area contributed by atoms with Crippen LogP contribution in [0.3, 0.4) is 0 Å². The number of ether oxygens (including phenoxy) is 5. The van der Waals surface area contributed by atoms with Crippen LogP contribution < -0.4 is 4.74 Å². The van der Waals surface area contributed by atoms with Crippen molar-refractivity contribution >= 4 is 5.97 Å². The summed E-state index contributed by atoms with van der Waals surface area (Å²) in [4.78, 5) is 12.3. The van der Waals surface area contributed by atoms with Gasteiger partial charge in [-0.15, -0.1) is 0 Å². The highest BCUT2D eigenvalue weighted by Gasteiger charge is 2.87. The van der Waals surface area contributed by atoms with Crippen molar-refractivity contribution in [2.24, 2.45) is 22.7 Å². The molecule has 1 aromatic carbocycles. The van der Waals surface area contributed by atoms with Crippen LogP contribution in [0.5, 0.6) is 5.75 Å². The first-order valence-electron chi connectivity index (χ1n) is 12.4. The molecular weight excluding hydrogens is 420 g/mol. The Bertz CT molecular complexity index is 1030. The molecular formula is C27H32O6. The molecule has 1 aromatic rings. The molecule has 1 spiro atoms. The highest BCUT2D eigenvalue weighted by atomic mass is 16.8. The molecule has 2 saturated heterocycles. The summed E-state index contributed by atoms with van der Waals surface area (Å²) in [6.45, 7) is 5.14. The number of rotatable bonds is 3. The lowest BCUT2D eigenvalue weighted by Crippen LogP contribution is -2.62. The quantitative estimate of drug-likeness (QED) is 0.395. The van der Waals surface area contributed by atoms with E-state index in [1.807, 2.05) is 0 Å². The van der Waals surface area contributed by atoms with Gasteiger partial charge in [-0.1, -0.05) is 44.1 Å². The molecule has 0 radical (unpaired) electrons. The second-order valence-corrected chi connectivity index (χ2v) is 11.0. The van der Waals surface area contributed by atoms with E-state index in [0.717, 1.165) is 18.6 Å². The van der Waals surface area contributed by atoms with Crippen molar-refractivity contribution in [3.63, 3.8) is 0 Å². The predicted octanol–water partition coefficient (Wildman–Crippen LogP) is 3.77. The van der Waals surface area contributed by atoms with Gasteiger partial charge in [-0.2, -0.15) is 0 Å². The average molecular weight is 453 g/mol. The van der Waals surface area contributed by atoms with Gasteiger partial charge in [0.15, 0.2) is 0 Å². The van der Waals surface area contributed by atoms with Crippen LogP contribution in [0.15, 0.2) is 36.4 Å². The number of hydrogen-bond donors (Lipinski definition) is 0. The molecule has 0 unspecified atom stereocenters. The Morgan fingerprint density at radius 2 is 1.79 bits per heavy atom. The van der Waals surface area contributed by atoms with Crippen molar-refractivity contribution in [1.82, 2.24) is 0 Å². The Morgan fingerprint density at radius 1 is 1.06 bits per heavy atom. The van der Waals surface area contributed by atoms with Crippen LogP contribution in [-0.2, 0) is 29.2 Å². The Hall–Kier alpha value is -1.89. The van der Waals surface area contributed by atoms with E-state index < -0.39 is 5.79 Å². The molecule has 4 aliphatic carbocycles. The molecule has 2 aliphatic heterocycles. The molecule has 6 nitrogen and oxygen atoms in total.